The number of fused-ring (bicyclic) bond motifs is 1. The number of hydrogen-bond acceptors (Lipinski definition) is 3. The van der Waals surface area contributed by atoms with Gasteiger partial charge in [-0.3, -0.25) is 9.36 Å². The van der Waals surface area contributed by atoms with Crippen molar-refractivity contribution < 1.29 is 0 Å². The van der Waals surface area contributed by atoms with Crippen LogP contribution in [0.3, 0.4) is 0 Å². The second-order valence-electron chi connectivity index (χ2n) is 4.57. The van der Waals surface area contributed by atoms with Crippen LogP contribution in [0.25, 0.3) is 10.9 Å². The summed E-state index contributed by atoms with van der Waals surface area (Å²) in [7, 11) is 0. The highest BCUT2D eigenvalue weighted by molar-refractivity contribution is 5.76. The zero-order chi connectivity index (χ0) is 13.0. The summed E-state index contributed by atoms with van der Waals surface area (Å²) >= 11 is 0. The molecule has 0 amide bonds. The third-order valence-electron chi connectivity index (χ3n) is 3.23. The summed E-state index contributed by atoms with van der Waals surface area (Å²) in [6.45, 7) is 2.76. The molecule has 0 radical (unpaired) electrons. The first kappa shape index (κ1) is 12.8. The van der Waals surface area contributed by atoms with Crippen molar-refractivity contribution in [3.8, 4) is 0 Å². The van der Waals surface area contributed by atoms with Gasteiger partial charge in [0.1, 0.15) is 0 Å². The van der Waals surface area contributed by atoms with Crippen LogP contribution in [-0.2, 0) is 6.54 Å². The predicted molar refractivity (Wildman–Crippen MR) is 73.5 cm³/mol. The first-order valence-corrected chi connectivity index (χ1v) is 6.42. The van der Waals surface area contributed by atoms with Crippen LogP contribution in [0, 0.1) is 0 Å². The topological polar surface area (TPSA) is 60.9 Å². The van der Waals surface area contributed by atoms with E-state index < -0.39 is 0 Å². The molecular formula is C14H19N3O. The van der Waals surface area contributed by atoms with E-state index in [1.165, 1.54) is 0 Å². The molecule has 0 aliphatic rings. The van der Waals surface area contributed by atoms with Gasteiger partial charge in [0.25, 0.3) is 5.56 Å². The van der Waals surface area contributed by atoms with Crippen molar-refractivity contribution in [2.45, 2.75) is 38.8 Å². The molecule has 0 saturated heterocycles. The number of aryl methyl sites for hydroxylation is 1. The van der Waals surface area contributed by atoms with Gasteiger partial charge in [0.2, 0.25) is 0 Å². The molecule has 4 nitrogen and oxygen atoms in total. The maximum Gasteiger partial charge on any atom is 0.261 e. The molecule has 2 N–H and O–H groups in total. The van der Waals surface area contributed by atoms with E-state index in [9.17, 15) is 4.79 Å². The molecular weight excluding hydrogens is 226 g/mol. The summed E-state index contributed by atoms with van der Waals surface area (Å²) in [6, 6.07) is 7.66. The molecule has 0 fully saturated rings. The Balaban J connectivity index is 2.14. The normalized spacial score (nSPS) is 12.8. The average molecular weight is 245 g/mol. The lowest BCUT2D eigenvalue weighted by molar-refractivity contribution is 0.517. The molecule has 1 aromatic heterocycles. The number of nitrogens with zero attached hydrogens (tertiary/aromatic N) is 2. The lowest BCUT2D eigenvalue weighted by Gasteiger charge is -2.09. The monoisotopic (exact) mass is 245 g/mol. The quantitative estimate of drug-likeness (QED) is 0.875. The van der Waals surface area contributed by atoms with Gasteiger partial charge in [0, 0.05) is 12.6 Å². The van der Waals surface area contributed by atoms with Crippen molar-refractivity contribution in [1.82, 2.24) is 9.55 Å². The highest BCUT2D eigenvalue weighted by atomic mass is 16.1. The Bertz CT molecular complexity index is 577. The van der Waals surface area contributed by atoms with E-state index in [0.717, 1.165) is 24.8 Å². The molecule has 0 spiro atoms. The Morgan fingerprint density at radius 3 is 2.94 bits per heavy atom. The number of nitrogens with two attached hydrogens (primary N) is 1. The van der Waals surface area contributed by atoms with E-state index in [0.29, 0.717) is 11.9 Å². The first-order chi connectivity index (χ1) is 8.72. The van der Waals surface area contributed by atoms with Crippen LogP contribution in [0.2, 0.25) is 0 Å². The SMILES string of the molecule is CCC(N)CCCn1cnc2ccccc2c1=O. The van der Waals surface area contributed by atoms with Gasteiger partial charge in [0.05, 0.1) is 17.2 Å². The van der Waals surface area contributed by atoms with Crippen molar-refractivity contribution in [3.05, 3.63) is 40.9 Å². The van der Waals surface area contributed by atoms with Gasteiger partial charge < -0.3 is 5.73 Å². The fraction of sp³-hybridized carbons (Fsp3) is 0.429. The molecule has 0 saturated carbocycles. The van der Waals surface area contributed by atoms with Crippen molar-refractivity contribution in [2.24, 2.45) is 5.73 Å². The summed E-state index contributed by atoms with van der Waals surface area (Å²) in [4.78, 5) is 16.5. The number of rotatable bonds is 5. The van der Waals surface area contributed by atoms with Gasteiger partial charge in [-0.2, -0.15) is 0 Å². The lowest BCUT2D eigenvalue weighted by Crippen LogP contribution is -2.23. The Labute approximate surface area is 106 Å². The molecule has 0 aliphatic heterocycles. The van der Waals surface area contributed by atoms with Crippen molar-refractivity contribution in [1.29, 1.82) is 0 Å². The number of para-hydroxylation sites is 1. The first-order valence-electron chi connectivity index (χ1n) is 6.42. The van der Waals surface area contributed by atoms with E-state index in [1.807, 2.05) is 24.3 Å². The lowest BCUT2D eigenvalue weighted by atomic mass is 10.1. The second-order valence-corrected chi connectivity index (χ2v) is 4.57. The fourth-order valence-electron chi connectivity index (χ4n) is 1.99. The summed E-state index contributed by atoms with van der Waals surface area (Å²) < 4.78 is 1.67. The Morgan fingerprint density at radius 2 is 2.17 bits per heavy atom. The molecule has 1 heterocycles. The van der Waals surface area contributed by atoms with Gasteiger partial charge in [0.15, 0.2) is 0 Å². The van der Waals surface area contributed by atoms with Crippen molar-refractivity contribution in [2.75, 3.05) is 0 Å². The van der Waals surface area contributed by atoms with Crippen molar-refractivity contribution >= 4 is 10.9 Å². The minimum absolute atomic E-state index is 0.0330. The standard InChI is InChI=1S/C14H19N3O/c1-2-11(15)6-5-9-17-10-16-13-8-4-3-7-12(13)14(17)18/h3-4,7-8,10-11H,2,5-6,9,15H2,1H3. The molecule has 0 bridgehead atoms. The smallest absolute Gasteiger partial charge is 0.261 e. The van der Waals surface area contributed by atoms with Crippen LogP contribution >= 0.6 is 0 Å². The number of aromatic nitrogens is 2. The molecule has 2 rings (SSSR count). The summed E-state index contributed by atoms with van der Waals surface area (Å²) in [5, 5.41) is 0.680. The van der Waals surface area contributed by atoms with Gasteiger partial charge in [-0.25, -0.2) is 4.98 Å². The van der Waals surface area contributed by atoms with E-state index >= 15 is 0 Å². The van der Waals surface area contributed by atoms with E-state index in [4.69, 9.17) is 5.73 Å². The molecule has 1 unspecified atom stereocenters. The molecule has 18 heavy (non-hydrogen) atoms. The Morgan fingerprint density at radius 1 is 1.39 bits per heavy atom. The van der Waals surface area contributed by atoms with Gasteiger partial charge in [-0.1, -0.05) is 19.1 Å². The maximum atomic E-state index is 12.2. The van der Waals surface area contributed by atoms with E-state index in [-0.39, 0.29) is 11.6 Å². The Hall–Kier alpha value is -1.68. The predicted octanol–water partition coefficient (Wildman–Crippen LogP) is 1.91. The minimum Gasteiger partial charge on any atom is -0.328 e. The summed E-state index contributed by atoms with van der Waals surface area (Å²) in [6.07, 6.45) is 4.46. The fourth-order valence-corrected chi connectivity index (χ4v) is 1.99. The van der Waals surface area contributed by atoms with Gasteiger partial charge in [-0.15, -0.1) is 0 Å². The minimum atomic E-state index is 0.0330. The highest BCUT2D eigenvalue weighted by Gasteiger charge is 2.04. The van der Waals surface area contributed by atoms with Crippen LogP contribution in [0.4, 0.5) is 0 Å². The van der Waals surface area contributed by atoms with Gasteiger partial charge in [-0.05, 0) is 31.4 Å². The average Bonchev–Trinajstić information content (AvgIpc) is 2.41. The third-order valence-corrected chi connectivity index (χ3v) is 3.23. The molecule has 96 valence electrons. The van der Waals surface area contributed by atoms with Crippen LogP contribution < -0.4 is 11.3 Å². The number of benzene rings is 1. The largest absolute Gasteiger partial charge is 0.328 e. The summed E-state index contributed by atoms with van der Waals surface area (Å²) in [5.41, 5.74) is 6.65. The second kappa shape index (κ2) is 5.78. The van der Waals surface area contributed by atoms with Crippen molar-refractivity contribution in [3.63, 3.8) is 0 Å². The third kappa shape index (κ3) is 2.76. The van der Waals surface area contributed by atoms with E-state index in [1.54, 1.807) is 10.9 Å². The van der Waals surface area contributed by atoms with E-state index in [2.05, 4.69) is 11.9 Å². The molecule has 1 atom stereocenters. The number of hydrogen-bond donors (Lipinski definition) is 1. The van der Waals surface area contributed by atoms with Gasteiger partial charge >= 0.3 is 0 Å². The van der Waals surface area contributed by atoms with Crippen LogP contribution in [0.5, 0.6) is 0 Å². The zero-order valence-electron chi connectivity index (χ0n) is 10.7. The Kier molecular flexibility index (Phi) is 4.10. The van der Waals surface area contributed by atoms with Crippen LogP contribution in [0.1, 0.15) is 26.2 Å². The summed E-state index contributed by atoms with van der Waals surface area (Å²) in [5.74, 6) is 0. The van der Waals surface area contributed by atoms with Crippen LogP contribution in [0.15, 0.2) is 35.4 Å². The zero-order valence-corrected chi connectivity index (χ0v) is 10.7. The molecule has 4 heteroatoms. The van der Waals surface area contributed by atoms with Crippen LogP contribution in [-0.4, -0.2) is 15.6 Å². The molecule has 0 aliphatic carbocycles. The molecule has 2 aromatic rings. The molecule has 1 aromatic carbocycles. The highest BCUT2D eigenvalue weighted by Crippen LogP contribution is 2.05. The maximum absolute atomic E-state index is 12.2.